The van der Waals surface area contributed by atoms with Crippen molar-refractivity contribution in [3.8, 4) is 0 Å². The Morgan fingerprint density at radius 2 is 2.20 bits per heavy atom. The fraction of sp³-hybridized carbons (Fsp3) is 0.375. The molecule has 0 radical (unpaired) electrons. The predicted octanol–water partition coefficient (Wildman–Crippen LogP) is 3.33. The smallest absolute Gasteiger partial charge is 0.306 e. The fourth-order valence-corrected chi connectivity index (χ4v) is 2.00. The first kappa shape index (κ1) is 14.3. The molecule has 20 heavy (non-hydrogen) atoms. The van der Waals surface area contributed by atoms with Gasteiger partial charge in [-0.25, -0.2) is 4.98 Å². The van der Waals surface area contributed by atoms with Crippen molar-refractivity contribution in [3.63, 3.8) is 0 Å². The summed E-state index contributed by atoms with van der Waals surface area (Å²) in [5, 5.41) is 0. The summed E-state index contributed by atoms with van der Waals surface area (Å²) >= 11 is 0. The summed E-state index contributed by atoms with van der Waals surface area (Å²) in [6.07, 6.45) is 8.06. The lowest BCUT2D eigenvalue weighted by atomic mass is 10.3. The second-order valence-corrected chi connectivity index (χ2v) is 4.57. The third-order valence-electron chi connectivity index (χ3n) is 3.04. The minimum atomic E-state index is -0.143. The number of benzene rings is 1. The molecule has 0 aliphatic rings. The van der Waals surface area contributed by atoms with Gasteiger partial charge in [0.2, 0.25) is 0 Å². The number of fused-ring (bicyclic) bond motifs is 1. The van der Waals surface area contributed by atoms with Crippen LogP contribution < -0.4 is 0 Å². The molecule has 0 spiro atoms. The summed E-state index contributed by atoms with van der Waals surface area (Å²) in [7, 11) is 0. The number of ether oxygens (including phenoxy) is 1. The highest BCUT2D eigenvalue weighted by Gasteiger charge is 2.04. The minimum absolute atomic E-state index is 0.143. The van der Waals surface area contributed by atoms with E-state index < -0.39 is 0 Å². The van der Waals surface area contributed by atoms with Gasteiger partial charge in [-0.3, -0.25) is 4.79 Å². The molecule has 0 N–H and O–H groups in total. The van der Waals surface area contributed by atoms with Crippen LogP contribution in [-0.2, 0) is 16.1 Å². The molecule has 4 heteroatoms. The Bertz CT molecular complexity index is 587. The fourth-order valence-electron chi connectivity index (χ4n) is 2.00. The average molecular weight is 272 g/mol. The SMILES string of the molecule is CC/C=C\CCC(=O)OCCn1cnc2ccccc21. The predicted molar refractivity (Wildman–Crippen MR) is 79.4 cm³/mol. The molecule has 0 saturated heterocycles. The number of aromatic nitrogens is 2. The first-order valence-corrected chi connectivity index (χ1v) is 7.01. The van der Waals surface area contributed by atoms with Gasteiger partial charge in [0.05, 0.1) is 23.9 Å². The molecule has 2 aromatic rings. The van der Waals surface area contributed by atoms with Crippen LogP contribution in [0, 0.1) is 0 Å². The van der Waals surface area contributed by atoms with E-state index >= 15 is 0 Å². The van der Waals surface area contributed by atoms with E-state index in [0.717, 1.165) is 23.9 Å². The van der Waals surface area contributed by atoms with Gasteiger partial charge < -0.3 is 9.30 Å². The highest BCUT2D eigenvalue weighted by atomic mass is 16.5. The number of nitrogens with zero attached hydrogens (tertiary/aromatic N) is 2. The van der Waals surface area contributed by atoms with Crippen LogP contribution in [0.1, 0.15) is 26.2 Å². The van der Waals surface area contributed by atoms with Crippen molar-refractivity contribution in [2.75, 3.05) is 6.61 Å². The van der Waals surface area contributed by atoms with Gasteiger partial charge in [-0.05, 0) is 25.0 Å². The molecule has 1 aromatic carbocycles. The van der Waals surface area contributed by atoms with Gasteiger partial charge in [-0.15, -0.1) is 0 Å². The number of carbonyl (C=O) groups is 1. The third-order valence-corrected chi connectivity index (χ3v) is 3.04. The normalized spacial score (nSPS) is 11.2. The molecular weight excluding hydrogens is 252 g/mol. The maximum atomic E-state index is 11.5. The van der Waals surface area contributed by atoms with Crippen LogP contribution in [0.3, 0.4) is 0 Å². The highest BCUT2D eigenvalue weighted by Crippen LogP contribution is 2.11. The molecule has 0 atom stereocenters. The number of hydrogen-bond donors (Lipinski definition) is 0. The van der Waals surface area contributed by atoms with Crippen molar-refractivity contribution in [1.82, 2.24) is 9.55 Å². The van der Waals surface area contributed by atoms with Crippen LogP contribution in [-0.4, -0.2) is 22.1 Å². The molecule has 0 amide bonds. The number of rotatable bonds is 7. The van der Waals surface area contributed by atoms with Crippen molar-refractivity contribution in [2.45, 2.75) is 32.7 Å². The number of para-hydroxylation sites is 2. The third kappa shape index (κ3) is 3.95. The molecular formula is C16H20N2O2. The number of allylic oxidation sites excluding steroid dienone is 2. The number of imidazole rings is 1. The number of carbonyl (C=O) groups excluding carboxylic acids is 1. The van der Waals surface area contributed by atoms with Gasteiger partial charge in [-0.2, -0.15) is 0 Å². The number of esters is 1. The molecule has 0 aliphatic carbocycles. The summed E-state index contributed by atoms with van der Waals surface area (Å²) < 4.78 is 7.22. The molecule has 1 heterocycles. The maximum absolute atomic E-state index is 11.5. The van der Waals surface area contributed by atoms with Crippen LogP contribution in [0.15, 0.2) is 42.7 Å². The van der Waals surface area contributed by atoms with Crippen LogP contribution in [0.2, 0.25) is 0 Å². The zero-order valence-corrected chi connectivity index (χ0v) is 11.8. The summed E-state index contributed by atoms with van der Waals surface area (Å²) in [6, 6.07) is 7.92. The van der Waals surface area contributed by atoms with E-state index in [1.807, 2.05) is 34.9 Å². The van der Waals surface area contributed by atoms with E-state index in [0.29, 0.717) is 19.6 Å². The lowest BCUT2D eigenvalue weighted by Crippen LogP contribution is -2.10. The summed E-state index contributed by atoms with van der Waals surface area (Å²) in [5.74, 6) is -0.143. The molecule has 0 aliphatic heterocycles. The van der Waals surface area contributed by atoms with Crippen molar-refractivity contribution in [1.29, 1.82) is 0 Å². The van der Waals surface area contributed by atoms with Gasteiger partial charge in [0.1, 0.15) is 6.61 Å². The topological polar surface area (TPSA) is 44.1 Å². The zero-order chi connectivity index (χ0) is 14.2. The zero-order valence-electron chi connectivity index (χ0n) is 11.8. The lowest BCUT2D eigenvalue weighted by Gasteiger charge is -2.05. The first-order chi connectivity index (χ1) is 9.81. The molecule has 2 rings (SSSR count). The van der Waals surface area contributed by atoms with E-state index in [4.69, 9.17) is 4.74 Å². The molecule has 1 aromatic heterocycles. The summed E-state index contributed by atoms with van der Waals surface area (Å²) in [5.41, 5.74) is 2.03. The second kappa shape index (κ2) is 7.48. The van der Waals surface area contributed by atoms with E-state index in [9.17, 15) is 4.79 Å². The Morgan fingerprint density at radius 3 is 3.05 bits per heavy atom. The first-order valence-electron chi connectivity index (χ1n) is 7.01. The van der Waals surface area contributed by atoms with E-state index in [2.05, 4.69) is 18.0 Å². The molecule has 106 valence electrons. The Labute approximate surface area is 119 Å². The van der Waals surface area contributed by atoms with Gasteiger partial charge in [-0.1, -0.05) is 31.2 Å². The van der Waals surface area contributed by atoms with Crippen LogP contribution >= 0.6 is 0 Å². The van der Waals surface area contributed by atoms with Gasteiger partial charge in [0.25, 0.3) is 0 Å². The molecule has 0 fully saturated rings. The molecule has 4 nitrogen and oxygen atoms in total. The maximum Gasteiger partial charge on any atom is 0.306 e. The van der Waals surface area contributed by atoms with Gasteiger partial charge in [0.15, 0.2) is 0 Å². The number of hydrogen-bond acceptors (Lipinski definition) is 3. The molecule has 0 saturated carbocycles. The molecule has 0 bridgehead atoms. The van der Waals surface area contributed by atoms with E-state index in [1.165, 1.54) is 0 Å². The Hall–Kier alpha value is -2.10. The second-order valence-electron chi connectivity index (χ2n) is 4.57. The van der Waals surface area contributed by atoms with E-state index in [-0.39, 0.29) is 5.97 Å². The minimum Gasteiger partial charge on any atom is -0.464 e. The lowest BCUT2D eigenvalue weighted by molar-refractivity contribution is -0.143. The average Bonchev–Trinajstić information content (AvgIpc) is 2.87. The van der Waals surface area contributed by atoms with Gasteiger partial charge >= 0.3 is 5.97 Å². The Balaban J connectivity index is 1.75. The van der Waals surface area contributed by atoms with Crippen molar-refractivity contribution < 1.29 is 9.53 Å². The largest absolute Gasteiger partial charge is 0.464 e. The van der Waals surface area contributed by atoms with E-state index in [1.54, 1.807) is 6.33 Å². The van der Waals surface area contributed by atoms with Crippen molar-refractivity contribution in [2.24, 2.45) is 0 Å². The standard InChI is InChI=1S/C16H20N2O2/c1-2-3-4-5-10-16(19)20-12-11-18-13-17-14-8-6-7-9-15(14)18/h3-4,6-9,13H,2,5,10-12H2,1H3/b4-3-. The van der Waals surface area contributed by atoms with Crippen LogP contribution in [0.25, 0.3) is 11.0 Å². The quantitative estimate of drug-likeness (QED) is 0.573. The van der Waals surface area contributed by atoms with Gasteiger partial charge in [0, 0.05) is 6.42 Å². The van der Waals surface area contributed by atoms with Crippen LogP contribution in [0.4, 0.5) is 0 Å². The Kier molecular flexibility index (Phi) is 5.35. The van der Waals surface area contributed by atoms with Crippen molar-refractivity contribution in [3.05, 3.63) is 42.7 Å². The van der Waals surface area contributed by atoms with Crippen LogP contribution in [0.5, 0.6) is 0 Å². The summed E-state index contributed by atoms with van der Waals surface area (Å²) in [4.78, 5) is 15.8. The summed E-state index contributed by atoms with van der Waals surface area (Å²) in [6.45, 7) is 3.10. The monoisotopic (exact) mass is 272 g/mol. The Morgan fingerprint density at radius 1 is 1.35 bits per heavy atom. The highest BCUT2D eigenvalue weighted by molar-refractivity contribution is 5.75. The molecule has 0 unspecified atom stereocenters. The van der Waals surface area contributed by atoms with Crippen molar-refractivity contribution >= 4 is 17.0 Å².